The minimum absolute atomic E-state index is 0.0609. The van der Waals surface area contributed by atoms with Gasteiger partial charge in [0.05, 0.1) is 5.56 Å². The van der Waals surface area contributed by atoms with Crippen LogP contribution in [0.2, 0.25) is 0 Å². The van der Waals surface area contributed by atoms with Gasteiger partial charge in [-0.05, 0) is 43.0 Å². The molecule has 0 aliphatic carbocycles. The zero-order chi connectivity index (χ0) is 21.2. The van der Waals surface area contributed by atoms with Gasteiger partial charge in [0.1, 0.15) is 0 Å². The zero-order valence-corrected chi connectivity index (χ0v) is 16.7. The van der Waals surface area contributed by atoms with Crippen LogP contribution in [0.1, 0.15) is 55.4 Å². The minimum atomic E-state index is -4.50. The zero-order valence-electron chi connectivity index (χ0n) is 16.7. The number of H-pyrrole nitrogens is 1. The van der Waals surface area contributed by atoms with E-state index in [-0.39, 0.29) is 23.9 Å². The molecule has 0 spiro atoms. The molecule has 0 radical (unpaired) electrons. The second-order valence-corrected chi connectivity index (χ2v) is 7.50. The van der Waals surface area contributed by atoms with Crippen molar-refractivity contribution in [2.45, 2.75) is 51.7 Å². The number of nitrogens with one attached hydrogen (secondary N) is 2. The molecule has 2 N–H and O–H groups in total. The van der Waals surface area contributed by atoms with Crippen molar-refractivity contribution >= 4 is 16.8 Å². The lowest BCUT2D eigenvalue weighted by Gasteiger charge is -2.22. The Bertz CT molecular complexity index is 1000. The van der Waals surface area contributed by atoms with E-state index < -0.39 is 17.7 Å². The van der Waals surface area contributed by atoms with E-state index in [1.165, 1.54) is 12.1 Å². The van der Waals surface area contributed by atoms with Crippen molar-refractivity contribution < 1.29 is 18.0 Å². The third kappa shape index (κ3) is 4.47. The Labute approximate surface area is 168 Å². The van der Waals surface area contributed by atoms with Crippen molar-refractivity contribution in [3.63, 3.8) is 0 Å². The van der Waals surface area contributed by atoms with Crippen molar-refractivity contribution in [3.8, 4) is 0 Å². The van der Waals surface area contributed by atoms with Gasteiger partial charge in [0.2, 0.25) is 5.91 Å². The number of alkyl halides is 3. The van der Waals surface area contributed by atoms with Gasteiger partial charge in [0, 0.05) is 35.5 Å². The molecule has 1 amide bonds. The third-order valence-corrected chi connectivity index (χ3v) is 5.07. The van der Waals surface area contributed by atoms with Crippen molar-refractivity contribution in [1.29, 1.82) is 0 Å². The number of carbonyl (C=O) groups is 1. The summed E-state index contributed by atoms with van der Waals surface area (Å²) >= 11 is 0. The molecule has 0 saturated heterocycles. The number of aromatic amines is 1. The Balaban J connectivity index is 2.17. The maximum atomic E-state index is 13.7. The molecular weight excluding hydrogens is 377 g/mol. The van der Waals surface area contributed by atoms with Crippen LogP contribution in [-0.2, 0) is 17.4 Å². The van der Waals surface area contributed by atoms with Gasteiger partial charge >= 0.3 is 6.18 Å². The van der Waals surface area contributed by atoms with Crippen LogP contribution in [0.5, 0.6) is 0 Å². The first-order valence-electron chi connectivity index (χ1n) is 9.76. The molecule has 1 unspecified atom stereocenters. The summed E-state index contributed by atoms with van der Waals surface area (Å²) in [5.41, 5.74) is 2.10. The first-order chi connectivity index (χ1) is 13.7. The Hall–Kier alpha value is -2.76. The van der Waals surface area contributed by atoms with Gasteiger partial charge in [-0.2, -0.15) is 13.2 Å². The number of hydrogen-bond acceptors (Lipinski definition) is 1. The van der Waals surface area contributed by atoms with Crippen molar-refractivity contribution in [2.75, 3.05) is 0 Å². The second kappa shape index (κ2) is 8.31. The fourth-order valence-electron chi connectivity index (χ4n) is 3.83. The van der Waals surface area contributed by atoms with Gasteiger partial charge in [-0.3, -0.25) is 4.79 Å². The molecule has 3 aromatic rings. The van der Waals surface area contributed by atoms with Crippen molar-refractivity contribution in [2.24, 2.45) is 0 Å². The normalized spacial score (nSPS) is 13.1. The second-order valence-electron chi connectivity index (χ2n) is 7.50. The average molecular weight is 402 g/mol. The lowest BCUT2D eigenvalue weighted by Crippen LogP contribution is -2.31. The van der Waals surface area contributed by atoms with E-state index in [0.29, 0.717) is 5.56 Å². The SMILES string of the molecule is CCc1cccc2c(C(CC(=O)NC(C)C)c3ccccc3C(F)(F)F)c[nH]c12. The molecule has 2 aromatic carbocycles. The number of amides is 1. The number of fused-ring (bicyclic) bond motifs is 1. The molecule has 3 nitrogen and oxygen atoms in total. The Morgan fingerprint density at radius 3 is 2.45 bits per heavy atom. The van der Waals surface area contributed by atoms with Crippen LogP contribution in [-0.4, -0.2) is 16.9 Å². The molecule has 154 valence electrons. The molecule has 29 heavy (non-hydrogen) atoms. The molecule has 0 aliphatic heterocycles. The Kier molecular flexibility index (Phi) is 6.01. The standard InChI is InChI=1S/C23H25F3N2O/c1-4-15-8-7-10-17-19(13-27-22(15)17)18(12-21(29)28-14(2)3)16-9-5-6-11-20(16)23(24,25)26/h5-11,13-14,18,27H,4,12H2,1-3H3,(H,28,29). The molecule has 0 fully saturated rings. The molecule has 0 saturated carbocycles. The molecule has 1 atom stereocenters. The van der Waals surface area contributed by atoms with Crippen molar-refractivity contribution in [3.05, 3.63) is 70.9 Å². The van der Waals surface area contributed by atoms with Gasteiger partial charge in [-0.1, -0.05) is 43.3 Å². The van der Waals surface area contributed by atoms with E-state index >= 15 is 0 Å². The summed E-state index contributed by atoms with van der Waals surface area (Å²) in [5, 5.41) is 3.65. The van der Waals surface area contributed by atoms with E-state index in [0.717, 1.165) is 29.0 Å². The molecule has 0 bridgehead atoms. The van der Waals surface area contributed by atoms with E-state index in [2.05, 4.69) is 10.3 Å². The molecule has 6 heteroatoms. The van der Waals surface area contributed by atoms with E-state index in [9.17, 15) is 18.0 Å². The Morgan fingerprint density at radius 1 is 1.07 bits per heavy atom. The van der Waals surface area contributed by atoms with Crippen LogP contribution in [0.15, 0.2) is 48.7 Å². The average Bonchev–Trinajstić information content (AvgIpc) is 3.09. The van der Waals surface area contributed by atoms with Crippen molar-refractivity contribution in [1.82, 2.24) is 10.3 Å². The highest BCUT2D eigenvalue weighted by molar-refractivity contribution is 5.88. The molecule has 0 aliphatic rings. The fourth-order valence-corrected chi connectivity index (χ4v) is 3.83. The topological polar surface area (TPSA) is 44.9 Å². The molecule has 1 aromatic heterocycles. The van der Waals surface area contributed by atoms with Gasteiger partial charge in [-0.15, -0.1) is 0 Å². The lowest BCUT2D eigenvalue weighted by molar-refractivity contribution is -0.138. The van der Waals surface area contributed by atoms with Crippen LogP contribution in [0.3, 0.4) is 0 Å². The largest absolute Gasteiger partial charge is 0.416 e. The summed E-state index contributed by atoms with van der Waals surface area (Å²) in [7, 11) is 0. The number of aryl methyl sites for hydroxylation is 1. The maximum Gasteiger partial charge on any atom is 0.416 e. The van der Waals surface area contributed by atoms with Crippen LogP contribution in [0, 0.1) is 0 Å². The predicted molar refractivity (Wildman–Crippen MR) is 109 cm³/mol. The lowest BCUT2D eigenvalue weighted by atomic mass is 9.84. The third-order valence-electron chi connectivity index (χ3n) is 5.07. The molecule has 3 rings (SSSR count). The monoisotopic (exact) mass is 402 g/mol. The van der Waals surface area contributed by atoms with Gasteiger partial charge < -0.3 is 10.3 Å². The smallest absolute Gasteiger partial charge is 0.361 e. The summed E-state index contributed by atoms with van der Waals surface area (Å²) in [6, 6.07) is 11.2. The summed E-state index contributed by atoms with van der Waals surface area (Å²) < 4.78 is 41.2. The van der Waals surface area contributed by atoms with Crippen LogP contribution < -0.4 is 5.32 Å². The summed E-state index contributed by atoms with van der Waals surface area (Å²) in [6.45, 7) is 5.69. The van der Waals surface area contributed by atoms with Gasteiger partial charge in [-0.25, -0.2) is 0 Å². The number of rotatable bonds is 6. The maximum absolute atomic E-state index is 13.7. The summed E-state index contributed by atoms with van der Waals surface area (Å²) in [4.78, 5) is 15.8. The molecular formula is C23H25F3N2O. The number of halogens is 3. The fraction of sp³-hybridized carbons (Fsp3) is 0.348. The minimum Gasteiger partial charge on any atom is -0.361 e. The number of hydrogen-bond donors (Lipinski definition) is 2. The van der Waals surface area contributed by atoms with E-state index in [4.69, 9.17) is 0 Å². The highest BCUT2D eigenvalue weighted by Gasteiger charge is 2.36. The van der Waals surface area contributed by atoms with Gasteiger partial charge in [0.15, 0.2) is 0 Å². The predicted octanol–water partition coefficient (Wildman–Crippen LogP) is 5.80. The number of para-hydroxylation sites is 1. The van der Waals surface area contributed by atoms with E-state index in [1.807, 2.05) is 39.0 Å². The number of carbonyl (C=O) groups excluding carboxylic acids is 1. The number of aromatic nitrogens is 1. The van der Waals surface area contributed by atoms with Crippen LogP contribution >= 0.6 is 0 Å². The first kappa shape index (κ1) is 21.0. The Morgan fingerprint density at radius 2 is 1.79 bits per heavy atom. The highest BCUT2D eigenvalue weighted by atomic mass is 19.4. The van der Waals surface area contributed by atoms with Crippen LogP contribution in [0.25, 0.3) is 10.9 Å². The summed E-state index contributed by atoms with van der Waals surface area (Å²) in [6.07, 6.45) is -2.02. The van der Waals surface area contributed by atoms with E-state index in [1.54, 1.807) is 12.3 Å². The molecule has 1 heterocycles. The van der Waals surface area contributed by atoms with Gasteiger partial charge in [0.25, 0.3) is 0 Å². The highest BCUT2D eigenvalue weighted by Crippen LogP contribution is 2.41. The quantitative estimate of drug-likeness (QED) is 0.538. The summed E-state index contributed by atoms with van der Waals surface area (Å²) in [5.74, 6) is -0.990. The first-order valence-corrected chi connectivity index (χ1v) is 9.76. The van der Waals surface area contributed by atoms with Crippen LogP contribution in [0.4, 0.5) is 13.2 Å². The number of benzene rings is 2.